The fraction of sp³-hybridized carbons (Fsp3) is 0.429. The second-order valence-corrected chi connectivity index (χ2v) is 5.96. The Labute approximate surface area is 160 Å². The van der Waals surface area contributed by atoms with Gasteiger partial charge in [-0.1, -0.05) is 37.3 Å². The number of hydrogen-bond donors (Lipinski definition) is 0. The van der Waals surface area contributed by atoms with Gasteiger partial charge in [-0.25, -0.2) is 9.59 Å². The lowest BCUT2D eigenvalue weighted by Gasteiger charge is -2.12. The molecule has 1 aromatic carbocycles. The zero-order valence-electron chi connectivity index (χ0n) is 16.4. The highest BCUT2D eigenvalue weighted by molar-refractivity contribution is 6.06. The second kappa shape index (κ2) is 9.92. The third-order valence-corrected chi connectivity index (χ3v) is 4.10. The summed E-state index contributed by atoms with van der Waals surface area (Å²) in [5.41, 5.74) is 2.56. The first-order valence-electron chi connectivity index (χ1n) is 9.27. The summed E-state index contributed by atoms with van der Waals surface area (Å²) in [6.07, 6.45) is 0.853. The van der Waals surface area contributed by atoms with Crippen LogP contribution >= 0.6 is 0 Å². The Morgan fingerprint density at radius 3 is 2.19 bits per heavy atom. The third kappa shape index (κ3) is 4.57. The summed E-state index contributed by atoms with van der Waals surface area (Å²) < 4.78 is 17.9. The summed E-state index contributed by atoms with van der Waals surface area (Å²) in [7, 11) is 0. The summed E-state index contributed by atoms with van der Waals surface area (Å²) in [5, 5.41) is 0. The van der Waals surface area contributed by atoms with E-state index >= 15 is 0 Å². The average molecular weight is 373 g/mol. The number of hydrogen-bond acceptors (Lipinski definition) is 5. The molecule has 0 saturated heterocycles. The maximum atomic E-state index is 12.8. The average Bonchev–Trinajstić information content (AvgIpc) is 2.96. The summed E-state index contributed by atoms with van der Waals surface area (Å²) in [6, 6.07) is 9.32. The van der Waals surface area contributed by atoms with Crippen molar-refractivity contribution in [2.75, 3.05) is 19.8 Å². The van der Waals surface area contributed by atoms with Crippen LogP contribution in [0.1, 0.15) is 53.7 Å². The number of rotatable bonds is 9. The van der Waals surface area contributed by atoms with Gasteiger partial charge in [0.2, 0.25) is 0 Å². The predicted molar refractivity (Wildman–Crippen MR) is 103 cm³/mol. The second-order valence-electron chi connectivity index (χ2n) is 5.96. The molecule has 0 spiro atoms. The van der Waals surface area contributed by atoms with Crippen LogP contribution < -0.4 is 0 Å². The zero-order chi connectivity index (χ0) is 19.8. The van der Waals surface area contributed by atoms with Gasteiger partial charge in [-0.2, -0.15) is 0 Å². The van der Waals surface area contributed by atoms with Crippen LogP contribution in [0.25, 0.3) is 11.1 Å². The minimum atomic E-state index is -0.491. The highest BCUT2D eigenvalue weighted by Gasteiger charge is 2.31. The number of aromatic nitrogens is 1. The molecule has 0 aliphatic rings. The Kier molecular flexibility index (Phi) is 7.61. The molecular weight excluding hydrogens is 346 g/mol. The first-order chi connectivity index (χ1) is 13.1. The predicted octanol–water partition coefficient (Wildman–Crippen LogP) is 4.20. The molecule has 1 aromatic heterocycles. The Bertz CT molecular complexity index is 780. The standard InChI is InChI=1S/C21H27NO5/c1-5-13-25-14-22-15(4)17(20(23)26-6-2)18(16-11-9-8-10-12-16)19(22)21(24)27-7-3/h8-12H,5-7,13-14H2,1-4H3. The minimum absolute atomic E-state index is 0.160. The van der Waals surface area contributed by atoms with E-state index in [0.717, 1.165) is 12.0 Å². The molecule has 2 rings (SSSR count). The van der Waals surface area contributed by atoms with Crippen molar-refractivity contribution in [2.24, 2.45) is 0 Å². The molecule has 0 fully saturated rings. The highest BCUT2D eigenvalue weighted by Crippen LogP contribution is 2.34. The summed E-state index contributed by atoms with van der Waals surface area (Å²) in [5.74, 6) is -0.955. The van der Waals surface area contributed by atoms with Gasteiger partial charge in [0.15, 0.2) is 0 Å². The quantitative estimate of drug-likeness (QED) is 0.487. The van der Waals surface area contributed by atoms with Crippen LogP contribution in [-0.4, -0.2) is 36.3 Å². The van der Waals surface area contributed by atoms with Crippen molar-refractivity contribution in [3.8, 4) is 11.1 Å². The van der Waals surface area contributed by atoms with Crippen molar-refractivity contribution in [1.29, 1.82) is 0 Å². The van der Waals surface area contributed by atoms with Gasteiger partial charge in [-0.15, -0.1) is 0 Å². The van der Waals surface area contributed by atoms with Crippen molar-refractivity contribution < 1.29 is 23.8 Å². The smallest absolute Gasteiger partial charge is 0.355 e. The van der Waals surface area contributed by atoms with E-state index in [9.17, 15) is 9.59 Å². The molecule has 6 nitrogen and oxygen atoms in total. The number of carbonyl (C=O) groups excluding carboxylic acids is 2. The van der Waals surface area contributed by atoms with Gasteiger partial charge < -0.3 is 18.8 Å². The highest BCUT2D eigenvalue weighted by atomic mass is 16.5. The van der Waals surface area contributed by atoms with Crippen molar-refractivity contribution >= 4 is 11.9 Å². The van der Waals surface area contributed by atoms with Crippen LogP contribution in [0.5, 0.6) is 0 Å². The third-order valence-electron chi connectivity index (χ3n) is 4.10. The monoisotopic (exact) mass is 373 g/mol. The van der Waals surface area contributed by atoms with Gasteiger partial charge in [-0.05, 0) is 32.8 Å². The Hall–Kier alpha value is -2.60. The first-order valence-corrected chi connectivity index (χ1v) is 9.27. The molecular formula is C21H27NO5. The molecule has 146 valence electrons. The lowest BCUT2D eigenvalue weighted by Crippen LogP contribution is -2.16. The molecule has 1 heterocycles. The molecule has 0 radical (unpaired) electrons. The van der Waals surface area contributed by atoms with Crippen molar-refractivity contribution in [1.82, 2.24) is 4.57 Å². The van der Waals surface area contributed by atoms with Gasteiger partial charge in [0.1, 0.15) is 12.4 Å². The molecule has 0 amide bonds. The maximum Gasteiger partial charge on any atom is 0.355 e. The van der Waals surface area contributed by atoms with Gasteiger partial charge in [0, 0.05) is 17.9 Å². The lowest BCUT2D eigenvalue weighted by atomic mass is 10.00. The molecule has 2 aromatic rings. The van der Waals surface area contributed by atoms with E-state index in [1.54, 1.807) is 25.3 Å². The van der Waals surface area contributed by atoms with Gasteiger partial charge in [0.25, 0.3) is 0 Å². The van der Waals surface area contributed by atoms with E-state index in [2.05, 4.69) is 0 Å². The Morgan fingerprint density at radius 2 is 1.59 bits per heavy atom. The van der Waals surface area contributed by atoms with Crippen LogP contribution in [0.3, 0.4) is 0 Å². The molecule has 0 aliphatic heterocycles. The van der Waals surface area contributed by atoms with Crippen molar-refractivity contribution in [3.63, 3.8) is 0 Å². The fourth-order valence-corrected chi connectivity index (χ4v) is 2.95. The number of esters is 2. The Balaban J connectivity index is 2.72. The van der Waals surface area contributed by atoms with Crippen LogP contribution in [-0.2, 0) is 20.9 Å². The van der Waals surface area contributed by atoms with E-state index < -0.39 is 11.9 Å². The van der Waals surface area contributed by atoms with Crippen molar-refractivity contribution in [2.45, 2.75) is 40.8 Å². The summed E-state index contributed by atoms with van der Waals surface area (Å²) in [6.45, 7) is 8.50. The number of carbonyl (C=O) groups is 2. The number of benzene rings is 1. The van der Waals surface area contributed by atoms with Crippen LogP contribution in [0.15, 0.2) is 30.3 Å². The molecule has 0 unspecified atom stereocenters. The van der Waals surface area contributed by atoms with Gasteiger partial charge in [0.05, 0.1) is 18.8 Å². The van der Waals surface area contributed by atoms with E-state index in [4.69, 9.17) is 14.2 Å². The molecule has 0 atom stereocenters. The fourth-order valence-electron chi connectivity index (χ4n) is 2.95. The first kappa shape index (κ1) is 20.7. The molecule has 0 saturated carbocycles. The van der Waals surface area contributed by atoms with Crippen LogP contribution in [0, 0.1) is 6.92 Å². The molecule has 6 heteroatoms. The lowest BCUT2D eigenvalue weighted by molar-refractivity contribution is 0.0458. The van der Waals surface area contributed by atoms with E-state index in [1.807, 2.05) is 37.3 Å². The zero-order valence-corrected chi connectivity index (χ0v) is 16.4. The molecule has 27 heavy (non-hydrogen) atoms. The number of nitrogens with zero attached hydrogens (tertiary/aromatic N) is 1. The molecule has 0 N–H and O–H groups in total. The summed E-state index contributed by atoms with van der Waals surface area (Å²) in [4.78, 5) is 25.5. The molecule has 0 aliphatic carbocycles. The minimum Gasteiger partial charge on any atom is -0.462 e. The van der Waals surface area contributed by atoms with Crippen LogP contribution in [0.2, 0.25) is 0 Å². The van der Waals surface area contributed by atoms with E-state index in [-0.39, 0.29) is 19.9 Å². The Morgan fingerprint density at radius 1 is 0.963 bits per heavy atom. The van der Waals surface area contributed by atoms with Crippen LogP contribution in [0.4, 0.5) is 0 Å². The maximum absolute atomic E-state index is 12.8. The SMILES string of the molecule is CCCOCn1c(C)c(C(=O)OCC)c(-c2ccccc2)c1C(=O)OCC. The number of ether oxygens (including phenoxy) is 3. The normalized spacial score (nSPS) is 10.7. The molecule has 0 bridgehead atoms. The van der Waals surface area contributed by atoms with E-state index in [1.165, 1.54) is 0 Å². The van der Waals surface area contributed by atoms with Gasteiger partial charge in [-0.3, -0.25) is 0 Å². The topological polar surface area (TPSA) is 66.8 Å². The van der Waals surface area contributed by atoms with Crippen molar-refractivity contribution in [3.05, 3.63) is 47.3 Å². The largest absolute Gasteiger partial charge is 0.462 e. The summed E-state index contributed by atoms with van der Waals surface area (Å²) >= 11 is 0. The van der Waals surface area contributed by atoms with Gasteiger partial charge >= 0.3 is 11.9 Å². The van der Waals surface area contributed by atoms with E-state index in [0.29, 0.717) is 29.1 Å².